The number of carbonyl (C=O) groups excluding carboxylic acids is 2. The first-order chi connectivity index (χ1) is 13.7. The third-order valence-electron chi connectivity index (χ3n) is 5.28. The lowest BCUT2D eigenvalue weighted by atomic mass is 10.1. The number of sulfone groups is 1. The highest BCUT2D eigenvalue weighted by Gasteiger charge is 2.29. The van der Waals surface area contributed by atoms with Gasteiger partial charge in [0.1, 0.15) is 0 Å². The van der Waals surface area contributed by atoms with Crippen molar-refractivity contribution in [2.45, 2.75) is 50.2 Å². The Hall–Kier alpha value is -2.67. The van der Waals surface area contributed by atoms with Gasteiger partial charge in [0.2, 0.25) is 11.8 Å². The molecule has 29 heavy (non-hydrogen) atoms. The number of aryl methyl sites for hydroxylation is 1. The van der Waals surface area contributed by atoms with E-state index in [2.05, 4.69) is 5.32 Å². The lowest BCUT2D eigenvalue weighted by Gasteiger charge is -2.16. The van der Waals surface area contributed by atoms with Crippen LogP contribution in [0.4, 0.5) is 11.4 Å². The molecule has 0 saturated heterocycles. The van der Waals surface area contributed by atoms with Gasteiger partial charge in [0.05, 0.1) is 10.1 Å². The fourth-order valence-electron chi connectivity index (χ4n) is 3.57. The average Bonchev–Trinajstić information content (AvgIpc) is 3.11. The maximum atomic E-state index is 13.0. The summed E-state index contributed by atoms with van der Waals surface area (Å²) in [6, 6.07) is 12.4. The lowest BCUT2D eigenvalue weighted by molar-refractivity contribution is -0.117. The summed E-state index contributed by atoms with van der Waals surface area (Å²) < 4.78 is 26.0. The second-order valence-electron chi connectivity index (χ2n) is 7.37. The van der Waals surface area contributed by atoms with Crippen molar-refractivity contribution in [3.8, 4) is 0 Å². The van der Waals surface area contributed by atoms with Crippen LogP contribution in [0.3, 0.4) is 0 Å². The maximum Gasteiger partial charge on any atom is 0.225 e. The molecule has 1 heterocycles. The molecule has 1 aliphatic heterocycles. The smallest absolute Gasteiger partial charge is 0.225 e. The Kier molecular flexibility index (Phi) is 6.07. The summed E-state index contributed by atoms with van der Waals surface area (Å²) in [4.78, 5) is 25.9. The van der Waals surface area contributed by atoms with Gasteiger partial charge in [0, 0.05) is 31.3 Å². The largest absolute Gasteiger partial charge is 0.326 e. The zero-order valence-corrected chi connectivity index (χ0v) is 17.8. The Balaban J connectivity index is 1.72. The van der Waals surface area contributed by atoms with Crippen LogP contribution >= 0.6 is 0 Å². The van der Waals surface area contributed by atoms with E-state index >= 15 is 0 Å². The molecule has 0 fully saturated rings. The van der Waals surface area contributed by atoms with Crippen LogP contribution in [0, 0.1) is 0 Å². The van der Waals surface area contributed by atoms with E-state index in [1.165, 1.54) is 13.0 Å². The second-order valence-corrected chi connectivity index (χ2v) is 9.74. The number of anilines is 2. The Morgan fingerprint density at radius 1 is 1.17 bits per heavy atom. The topological polar surface area (TPSA) is 83.6 Å². The highest BCUT2D eigenvalue weighted by molar-refractivity contribution is 7.92. The number of nitrogens with zero attached hydrogens (tertiary/aromatic N) is 1. The quantitative estimate of drug-likeness (QED) is 0.786. The van der Waals surface area contributed by atoms with Crippen molar-refractivity contribution in [2.24, 2.45) is 0 Å². The van der Waals surface area contributed by atoms with E-state index in [4.69, 9.17) is 0 Å². The van der Waals surface area contributed by atoms with Gasteiger partial charge in [-0.2, -0.15) is 0 Å². The molecule has 0 radical (unpaired) electrons. The molecule has 2 aromatic carbocycles. The van der Waals surface area contributed by atoms with Gasteiger partial charge in [-0.1, -0.05) is 19.1 Å². The third kappa shape index (κ3) is 4.50. The fraction of sp³-hybridized carbons (Fsp3) is 0.364. The number of hydrogen-bond acceptors (Lipinski definition) is 4. The van der Waals surface area contributed by atoms with Crippen LogP contribution < -0.4 is 10.2 Å². The third-order valence-corrected chi connectivity index (χ3v) is 7.41. The molecule has 3 rings (SSSR count). The summed E-state index contributed by atoms with van der Waals surface area (Å²) in [5.74, 6) is -0.394. The highest BCUT2D eigenvalue weighted by Crippen LogP contribution is 2.31. The van der Waals surface area contributed by atoms with E-state index in [1.807, 2.05) is 25.1 Å². The summed E-state index contributed by atoms with van der Waals surface area (Å²) in [7, 11) is -3.66. The molecule has 2 amide bonds. The van der Waals surface area contributed by atoms with Gasteiger partial charge in [-0.05, 0) is 61.2 Å². The van der Waals surface area contributed by atoms with E-state index in [0.29, 0.717) is 18.7 Å². The predicted molar refractivity (Wildman–Crippen MR) is 114 cm³/mol. The van der Waals surface area contributed by atoms with E-state index in [-0.39, 0.29) is 23.1 Å². The van der Waals surface area contributed by atoms with Gasteiger partial charge >= 0.3 is 0 Å². The standard InChI is InChI=1S/C22H26N2O4S/c1-4-17-6-5-7-19(13-17)23-22(26)12-15(2)29(27,28)20-8-9-21-18(14-20)10-11-24(21)16(3)25/h5-9,13-15H,4,10-12H2,1-3H3,(H,23,26)/t15-/m1/s1. The van der Waals surface area contributed by atoms with Gasteiger partial charge < -0.3 is 10.2 Å². The van der Waals surface area contributed by atoms with Gasteiger partial charge in [-0.25, -0.2) is 8.42 Å². The molecular weight excluding hydrogens is 388 g/mol. The number of rotatable bonds is 6. The van der Waals surface area contributed by atoms with Crippen molar-refractivity contribution in [3.63, 3.8) is 0 Å². The molecular formula is C22H26N2O4S. The number of carbonyl (C=O) groups is 2. The summed E-state index contributed by atoms with van der Waals surface area (Å²) in [5.41, 5.74) is 3.37. The molecule has 0 bridgehead atoms. The van der Waals surface area contributed by atoms with Gasteiger partial charge in [-0.3, -0.25) is 9.59 Å². The second kappa shape index (κ2) is 8.37. The maximum absolute atomic E-state index is 13.0. The summed E-state index contributed by atoms with van der Waals surface area (Å²) in [6.07, 6.45) is 1.35. The molecule has 154 valence electrons. The molecule has 0 saturated carbocycles. The molecule has 0 aromatic heterocycles. The van der Waals surface area contributed by atoms with E-state index < -0.39 is 15.1 Å². The van der Waals surface area contributed by atoms with E-state index in [9.17, 15) is 18.0 Å². The molecule has 1 aliphatic rings. The predicted octanol–water partition coefficient (Wildman–Crippen LogP) is 3.35. The zero-order chi connectivity index (χ0) is 21.2. The number of nitrogens with one attached hydrogen (secondary N) is 1. The minimum absolute atomic E-state index is 0.0588. The van der Waals surface area contributed by atoms with Crippen molar-refractivity contribution in [3.05, 3.63) is 53.6 Å². The SMILES string of the molecule is CCc1cccc(NC(=O)C[C@@H](C)S(=O)(=O)c2ccc3c(c2)CCN3C(C)=O)c1. The van der Waals surface area contributed by atoms with Crippen LogP contribution in [0.25, 0.3) is 0 Å². The molecule has 2 aromatic rings. The van der Waals surface area contributed by atoms with Gasteiger partial charge in [0.15, 0.2) is 9.84 Å². The van der Waals surface area contributed by atoms with Crippen LogP contribution in [0.5, 0.6) is 0 Å². The normalized spacial score (nSPS) is 14.4. The summed E-state index contributed by atoms with van der Waals surface area (Å²) in [5, 5.41) is 1.92. The monoisotopic (exact) mass is 414 g/mol. The number of fused-ring (bicyclic) bond motifs is 1. The molecule has 0 unspecified atom stereocenters. The van der Waals surface area contributed by atoms with E-state index in [1.54, 1.807) is 30.0 Å². The van der Waals surface area contributed by atoms with Crippen molar-refractivity contribution < 1.29 is 18.0 Å². The van der Waals surface area contributed by atoms with Crippen LogP contribution in [0.1, 0.15) is 38.3 Å². The van der Waals surface area contributed by atoms with Gasteiger partial charge in [-0.15, -0.1) is 0 Å². The summed E-state index contributed by atoms with van der Waals surface area (Å²) in [6.45, 7) is 5.63. The number of amides is 2. The van der Waals surface area contributed by atoms with Crippen molar-refractivity contribution in [1.82, 2.24) is 0 Å². The summed E-state index contributed by atoms with van der Waals surface area (Å²) >= 11 is 0. The Labute approximate surface area is 171 Å². The van der Waals surface area contributed by atoms with Crippen LogP contribution in [0.15, 0.2) is 47.4 Å². The Bertz CT molecular complexity index is 1050. The molecule has 7 heteroatoms. The van der Waals surface area contributed by atoms with Crippen LogP contribution in [-0.4, -0.2) is 32.0 Å². The number of hydrogen-bond donors (Lipinski definition) is 1. The van der Waals surface area contributed by atoms with Crippen molar-refractivity contribution in [2.75, 3.05) is 16.8 Å². The molecule has 0 aliphatic carbocycles. The number of benzene rings is 2. The molecule has 0 spiro atoms. The minimum Gasteiger partial charge on any atom is -0.326 e. The lowest BCUT2D eigenvalue weighted by Crippen LogP contribution is -2.26. The average molecular weight is 415 g/mol. The van der Waals surface area contributed by atoms with E-state index in [0.717, 1.165) is 23.2 Å². The van der Waals surface area contributed by atoms with Crippen molar-refractivity contribution >= 4 is 33.0 Å². The highest BCUT2D eigenvalue weighted by atomic mass is 32.2. The first-order valence-electron chi connectivity index (χ1n) is 9.76. The Morgan fingerprint density at radius 2 is 1.93 bits per heavy atom. The minimum atomic E-state index is -3.66. The molecule has 1 atom stereocenters. The van der Waals surface area contributed by atoms with Gasteiger partial charge in [0.25, 0.3) is 0 Å². The van der Waals surface area contributed by atoms with Crippen LogP contribution in [0.2, 0.25) is 0 Å². The first-order valence-corrected chi connectivity index (χ1v) is 11.3. The fourth-order valence-corrected chi connectivity index (χ4v) is 4.97. The molecule has 1 N–H and O–H groups in total. The van der Waals surface area contributed by atoms with Crippen LogP contribution in [-0.2, 0) is 32.3 Å². The molecule has 6 nitrogen and oxygen atoms in total. The first kappa shape index (κ1) is 21.0. The zero-order valence-electron chi connectivity index (χ0n) is 16.9. The van der Waals surface area contributed by atoms with Crippen molar-refractivity contribution in [1.29, 1.82) is 0 Å². The Morgan fingerprint density at radius 3 is 2.62 bits per heavy atom.